The van der Waals surface area contributed by atoms with Crippen LogP contribution in [0.4, 0.5) is 0 Å². The Balaban J connectivity index is 4.17. The highest BCUT2D eigenvalue weighted by Crippen LogP contribution is 2.17. The van der Waals surface area contributed by atoms with Crippen LogP contribution in [-0.4, -0.2) is 35.1 Å². The topological polar surface area (TPSA) is 40.5 Å². The molecule has 0 saturated heterocycles. The molecular weight excluding hydrogens is 370 g/mol. The molecule has 0 fully saturated rings. The predicted molar refractivity (Wildman–Crippen MR) is 132 cm³/mol. The normalized spacial score (nSPS) is 12.5. The first-order valence-electron chi connectivity index (χ1n) is 13.6. The molecule has 0 aromatic heterocycles. The summed E-state index contributed by atoms with van der Waals surface area (Å²) < 4.78 is 0. The van der Waals surface area contributed by atoms with Gasteiger partial charge in [-0.3, -0.25) is 4.79 Å². The van der Waals surface area contributed by atoms with Crippen LogP contribution in [0, 0.1) is 0 Å². The maximum absolute atomic E-state index is 10.9. The van der Waals surface area contributed by atoms with E-state index in [0.29, 0.717) is 12.5 Å². The van der Waals surface area contributed by atoms with Crippen molar-refractivity contribution in [1.82, 2.24) is 4.90 Å². The van der Waals surface area contributed by atoms with Crippen LogP contribution in [0.1, 0.15) is 149 Å². The van der Waals surface area contributed by atoms with E-state index in [1.54, 1.807) is 0 Å². The highest BCUT2D eigenvalue weighted by Gasteiger charge is 2.16. The second kappa shape index (κ2) is 23.1. The van der Waals surface area contributed by atoms with Crippen LogP contribution >= 0.6 is 0 Å². The number of unbranched alkanes of at least 4 members (excludes halogenated alkanes) is 14. The number of hydrogen-bond donors (Lipinski definition) is 1. The zero-order valence-electron chi connectivity index (χ0n) is 20.9. The summed E-state index contributed by atoms with van der Waals surface area (Å²) in [4.78, 5) is 13.6. The smallest absolute Gasteiger partial charge is 0.303 e. The molecule has 1 atom stereocenters. The third-order valence-electron chi connectivity index (χ3n) is 6.51. The van der Waals surface area contributed by atoms with E-state index in [9.17, 15) is 4.79 Å². The molecular formula is C27H55NO2. The number of rotatable bonds is 24. The van der Waals surface area contributed by atoms with Crippen molar-refractivity contribution < 1.29 is 9.90 Å². The fourth-order valence-electron chi connectivity index (χ4n) is 4.51. The molecule has 0 spiro atoms. The summed E-state index contributed by atoms with van der Waals surface area (Å²) in [7, 11) is 0. The average Bonchev–Trinajstić information content (AvgIpc) is 2.73. The van der Waals surface area contributed by atoms with Crippen molar-refractivity contribution in [3.8, 4) is 0 Å². The van der Waals surface area contributed by atoms with Crippen LogP contribution < -0.4 is 0 Å². The van der Waals surface area contributed by atoms with Crippen molar-refractivity contribution in [2.45, 2.75) is 155 Å². The van der Waals surface area contributed by atoms with E-state index in [0.717, 1.165) is 19.3 Å². The minimum absolute atomic E-state index is 0.319. The van der Waals surface area contributed by atoms with Gasteiger partial charge in [0.2, 0.25) is 0 Å². The lowest BCUT2D eigenvalue weighted by Gasteiger charge is -2.31. The molecule has 0 rings (SSSR count). The monoisotopic (exact) mass is 425 g/mol. The van der Waals surface area contributed by atoms with Gasteiger partial charge in [0, 0.05) is 12.5 Å². The van der Waals surface area contributed by atoms with E-state index in [2.05, 4.69) is 25.7 Å². The molecule has 3 heteroatoms. The van der Waals surface area contributed by atoms with Gasteiger partial charge in [-0.25, -0.2) is 0 Å². The van der Waals surface area contributed by atoms with Gasteiger partial charge in [-0.05, 0) is 45.2 Å². The summed E-state index contributed by atoms with van der Waals surface area (Å²) >= 11 is 0. The second-order valence-corrected chi connectivity index (χ2v) is 9.33. The van der Waals surface area contributed by atoms with Gasteiger partial charge in [0.1, 0.15) is 0 Å². The Morgan fingerprint density at radius 2 is 1.03 bits per heavy atom. The maximum Gasteiger partial charge on any atom is 0.303 e. The summed E-state index contributed by atoms with van der Waals surface area (Å²) in [5.74, 6) is -0.650. The number of carboxylic acids is 1. The van der Waals surface area contributed by atoms with Gasteiger partial charge >= 0.3 is 5.97 Å². The average molecular weight is 426 g/mol. The van der Waals surface area contributed by atoms with Gasteiger partial charge in [-0.1, -0.05) is 111 Å². The van der Waals surface area contributed by atoms with E-state index >= 15 is 0 Å². The van der Waals surface area contributed by atoms with Gasteiger partial charge in [0.15, 0.2) is 0 Å². The minimum Gasteiger partial charge on any atom is -0.481 e. The summed E-state index contributed by atoms with van der Waals surface area (Å²) in [6.45, 7) is 9.25. The van der Waals surface area contributed by atoms with Crippen molar-refractivity contribution in [2.75, 3.05) is 13.1 Å². The molecule has 0 radical (unpaired) electrons. The van der Waals surface area contributed by atoms with Crippen LogP contribution in [0.15, 0.2) is 0 Å². The van der Waals surface area contributed by atoms with Crippen LogP contribution in [-0.2, 0) is 4.79 Å². The summed E-state index contributed by atoms with van der Waals surface area (Å²) in [5, 5.41) is 8.98. The van der Waals surface area contributed by atoms with Crippen LogP contribution in [0.3, 0.4) is 0 Å². The first-order chi connectivity index (χ1) is 14.7. The Hall–Kier alpha value is -0.570. The molecule has 0 bridgehead atoms. The Labute approximate surface area is 189 Å². The fraction of sp³-hybridized carbons (Fsp3) is 0.963. The first kappa shape index (κ1) is 29.4. The molecule has 1 unspecified atom stereocenters. The van der Waals surface area contributed by atoms with Crippen molar-refractivity contribution in [3.05, 3.63) is 0 Å². The molecule has 0 aromatic carbocycles. The lowest BCUT2D eigenvalue weighted by molar-refractivity contribution is -0.137. The standard InChI is InChI=1S/C27H55NO2/c1-4-7-9-11-13-15-17-19-24-28(26(6-3)22-21-23-27(29)30)25-20-18-16-14-12-10-8-5-2/h26H,4-25H2,1-3H3,(H,29,30). The van der Waals surface area contributed by atoms with Gasteiger partial charge in [-0.2, -0.15) is 0 Å². The molecule has 3 nitrogen and oxygen atoms in total. The highest BCUT2D eigenvalue weighted by molar-refractivity contribution is 5.66. The molecule has 1 N–H and O–H groups in total. The first-order valence-corrected chi connectivity index (χ1v) is 13.6. The number of hydrogen-bond acceptors (Lipinski definition) is 2. The van der Waals surface area contributed by atoms with E-state index in [1.807, 2.05) is 0 Å². The Morgan fingerprint density at radius 3 is 1.40 bits per heavy atom. The summed E-state index contributed by atoms with van der Waals surface area (Å²) in [5.41, 5.74) is 0. The molecule has 30 heavy (non-hydrogen) atoms. The molecule has 0 amide bonds. The van der Waals surface area contributed by atoms with Crippen LogP contribution in [0.25, 0.3) is 0 Å². The van der Waals surface area contributed by atoms with Gasteiger partial charge in [0.05, 0.1) is 0 Å². The van der Waals surface area contributed by atoms with Crippen molar-refractivity contribution in [2.24, 2.45) is 0 Å². The van der Waals surface area contributed by atoms with E-state index in [4.69, 9.17) is 5.11 Å². The number of carbonyl (C=O) groups is 1. The SMILES string of the molecule is CCCCCCCCCCN(CCCCCCCCCC)C(CC)CCCC(=O)O. The largest absolute Gasteiger partial charge is 0.481 e. The second-order valence-electron chi connectivity index (χ2n) is 9.33. The quantitative estimate of drug-likeness (QED) is 0.157. The van der Waals surface area contributed by atoms with Crippen molar-refractivity contribution >= 4 is 5.97 Å². The third-order valence-corrected chi connectivity index (χ3v) is 6.51. The number of nitrogens with zero attached hydrogens (tertiary/aromatic N) is 1. The highest BCUT2D eigenvalue weighted by atomic mass is 16.4. The molecule has 180 valence electrons. The van der Waals surface area contributed by atoms with Gasteiger partial charge < -0.3 is 10.0 Å². The minimum atomic E-state index is -0.650. The summed E-state index contributed by atoms with van der Waals surface area (Å²) in [6.07, 6.45) is 25.2. The fourth-order valence-corrected chi connectivity index (χ4v) is 4.51. The Kier molecular flexibility index (Phi) is 22.7. The molecule has 0 aliphatic carbocycles. The van der Waals surface area contributed by atoms with E-state index < -0.39 is 5.97 Å². The molecule has 0 saturated carbocycles. The van der Waals surface area contributed by atoms with E-state index in [-0.39, 0.29) is 0 Å². The lowest BCUT2D eigenvalue weighted by atomic mass is 10.0. The maximum atomic E-state index is 10.9. The zero-order chi connectivity index (χ0) is 22.3. The van der Waals surface area contributed by atoms with Gasteiger partial charge in [-0.15, -0.1) is 0 Å². The number of carboxylic acid groups (broad SMARTS) is 1. The van der Waals surface area contributed by atoms with Crippen molar-refractivity contribution in [1.29, 1.82) is 0 Å². The summed E-state index contributed by atoms with van der Waals surface area (Å²) in [6, 6.07) is 0.568. The third kappa shape index (κ3) is 19.4. The Morgan fingerprint density at radius 1 is 0.633 bits per heavy atom. The molecule has 0 heterocycles. The Bertz CT molecular complexity index is 339. The zero-order valence-corrected chi connectivity index (χ0v) is 20.9. The number of aliphatic carboxylic acids is 1. The molecule has 0 aromatic rings. The molecule has 0 aliphatic rings. The van der Waals surface area contributed by atoms with Gasteiger partial charge in [0.25, 0.3) is 0 Å². The molecule has 0 aliphatic heterocycles. The van der Waals surface area contributed by atoms with E-state index in [1.165, 1.54) is 116 Å². The van der Waals surface area contributed by atoms with Crippen LogP contribution in [0.2, 0.25) is 0 Å². The predicted octanol–water partition coefficient (Wildman–Crippen LogP) is 8.60. The lowest BCUT2D eigenvalue weighted by Crippen LogP contribution is -2.36. The van der Waals surface area contributed by atoms with Crippen molar-refractivity contribution in [3.63, 3.8) is 0 Å². The van der Waals surface area contributed by atoms with Crippen LogP contribution in [0.5, 0.6) is 0 Å².